The van der Waals surface area contributed by atoms with E-state index in [-0.39, 0.29) is 10.6 Å². The number of nitrogens with zero attached hydrogens (tertiary/aromatic N) is 1. The molecule has 0 unspecified atom stereocenters. The second-order valence-corrected chi connectivity index (χ2v) is 6.94. The summed E-state index contributed by atoms with van der Waals surface area (Å²) < 4.78 is 4.89. The topological polar surface area (TPSA) is 66.8 Å². The molecule has 1 atom stereocenters. The third-order valence-corrected chi connectivity index (χ3v) is 5.69. The van der Waals surface area contributed by atoms with Crippen LogP contribution in [0.1, 0.15) is 16.0 Å². The number of rotatable bonds is 4. The summed E-state index contributed by atoms with van der Waals surface area (Å²) in [5.74, 6) is -2.14. The molecule has 5 nitrogen and oxygen atoms in total. The van der Waals surface area contributed by atoms with E-state index in [2.05, 4.69) is 0 Å². The minimum atomic E-state index is -1.97. The molecule has 3 rings (SSSR count). The molecule has 0 amide bonds. The Morgan fingerprint density at radius 2 is 2.08 bits per heavy atom. The first-order valence-electron chi connectivity index (χ1n) is 7.39. The summed E-state index contributed by atoms with van der Waals surface area (Å²) in [5.41, 5.74) is -0.704. The third kappa shape index (κ3) is 2.51. The molecule has 0 saturated carbocycles. The number of ether oxygens (including phenoxy) is 1. The zero-order chi connectivity index (χ0) is 17.3. The molecule has 2 aromatic rings. The number of thiophene rings is 1. The van der Waals surface area contributed by atoms with Crippen molar-refractivity contribution in [3.05, 3.63) is 56.7 Å². The fourth-order valence-corrected chi connectivity index (χ4v) is 4.35. The Kier molecular flexibility index (Phi) is 4.62. The Morgan fingerprint density at radius 3 is 2.75 bits per heavy atom. The molecule has 7 heteroatoms. The van der Waals surface area contributed by atoms with E-state index in [4.69, 9.17) is 16.3 Å². The van der Waals surface area contributed by atoms with Gasteiger partial charge in [0, 0.05) is 28.6 Å². The average molecular weight is 366 g/mol. The summed E-state index contributed by atoms with van der Waals surface area (Å²) in [7, 11) is 1.19. The van der Waals surface area contributed by atoms with Crippen molar-refractivity contribution in [3.8, 4) is 0 Å². The van der Waals surface area contributed by atoms with E-state index in [9.17, 15) is 14.7 Å². The van der Waals surface area contributed by atoms with Crippen LogP contribution in [0.2, 0.25) is 5.02 Å². The number of hydrogen-bond donors (Lipinski definition) is 1. The molecule has 126 valence electrons. The summed E-state index contributed by atoms with van der Waals surface area (Å²) in [6, 6.07) is 8.47. The largest absolute Gasteiger partial charge is 0.479 e. The number of halogens is 1. The van der Waals surface area contributed by atoms with Crippen molar-refractivity contribution in [1.82, 2.24) is 4.90 Å². The van der Waals surface area contributed by atoms with Crippen molar-refractivity contribution in [3.63, 3.8) is 0 Å². The molecule has 1 aliphatic heterocycles. The molecule has 0 fully saturated rings. The lowest BCUT2D eigenvalue weighted by atomic mass is 9.86. The summed E-state index contributed by atoms with van der Waals surface area (Å²) in [6.45, 7) is 0.783. The van der Waals surface area contributed by atoms with Crippen LogP contribution < -0.4 is 0 Å². The van der Waals surface area contributed by atoms with E-state index in [0.29, 0.717) is 19.5 Å². The average Bonchev–Trinajstić information content (AvgIpc) is 3.04. The SMILES string of the molecule is COC(=O)[C@@](C(=O)O)(c1ccccc1Cl)N1CCc2sccc2C1. The zero-order valence-electron chi connectivity index (χ0n) is 13.0. The van der Waals surface area contributed by atoms with Gasteiger partial charge in [0.05, 0.1) is 7.11 Å². The zero-order valence-corrected chi connectivity index (χ0v) is 14.6. The van der Waals surface area contributed by atoms with Gasteiger partial charge in [0.1, 0.15) is 0 Å². The molecule has 0 spiro atoms. The first-order chi connectivity index (χ1) is 11.5. The normalized spacial score (nSPS) is 16.9. The molecule has 2 heterocycles. The Balaban J connectivity index is 2.17. The highest BCUT2D eigenvalue weighted by Gasteiger charge is 2.55. The van der Waals surface area contributed by atoms with Crippen molar-refractivity contribution >= 4 is 34.9 Å². The molecule has 0 saturated heterocycles. The molecule has 1 aromatic heterocycles. The van der Waals surface area contributed by atoms with Crippen LogP contribution >= 0.6 is 22.9 Å². The molecule has 1 aliphatic rings. The molecular formula is C17H16ClNO4S. The molecule has 0 radical (unpaired) electrons. The minimum Gasteiger partial charge on any atom is -0.479 e. The van der Waals surface area contributed by atoms with Crippen LogP contribution in [0.25, 0.3) is 0 Å². The number of aliphatic carboxylic acids is 1. The lowest BCUT2D eigenvalue weighted by Gasteiger charge is -2.40. The molecule has 0 aliphatic carbocycles. The standard InChI is InChI=1S/C17H16ClNO4S/c1-23-16(22)17(15(20)21,12-4-2-3-5-13(12)18)19-8-6-14-11(10-19)7-9-24-14/h2-5,7,9H,6,8,10H2,1H3,(H,20,21)/t17-/m0/s1. The number of methoxy groups -OCH3 is 1. The maximum Gasteiger partial charge on any atom is 0.342 e. The van der Waals surface area contributed by atoms with Gasteiger partial charge in [-0.3, -0.25) is 4.90 Å². The first kappa shape index (κ1) is 17.0. The van der Waals surface area contributed by atoms with Gasteiger partial charge in [0.25, 0.3) is 0 Å². The molecule has 1 N–H and O–H groups in total. The number of fused-ring (bicyclic) bond motifs is 1. The Morgan fingerprint density at radius 1 is 1.33 bits per heavy atom. The maximum absolute atomic E-state index is 12.7. The van der Waals surface area contributed by atoms with Gasteiger partial charge in [-0.15, -0.1) is 11.3 Å². The van der Waals surface area contributed by atoms with Gasteiger partial charge in [-0.2, -0.15) is 0 Å². The maximum atomic E-state index is 12.7. The predicted molar refractivity (Wildman–Crippen MR) is 91.2 cm³/mol. The van der Waals surface area contributed by atoms with Gasteiger partial charge in [-0.05, 0) is 29.5 Å². The van der Waals surface area contributed by atoms with Crippen LogP contribution in [0.5, 0.6) is 0 Å². The highest BCUT2D eigenvalue weighted by atomic mass is 35.5. The predicted octanol–water partition coefficient (Wildman–Crippen LogP) is 2.91. The molecule has 1 aromatic carbocycles. The van der Waals surface area contributed by atoms with Gasteiger partial charge in [0.15, 0.2) is 0 Å². The Labute approximate surface area is 148 Å². The van der Waals surface area contributed by atoms with Crippen LogP contribution in [-0.2, 0) is 32.8 Å². The fourth-order valence-electron chi connectivity index (χ4n) is 3.18. The van der Waals surface area contributed by atoms with E-state index < -0.39 is 17.5 Å². The van der Waals surface area contributed by atoms with E-state index in [1.54, 1.807) is 40.5 Å². The summed E-state index contributed by atoms with van der Waals surface area (Å²) in [4.78, 5) is 27.9. The second kappa shape index (κ2) is 6.55. The number of hydrogen-bond acceptors (Lipinski definition) is 5. The van der Waals surface area contributed by atoms with Crippen molar-refractivity contribution in [1.29, 1.82) is 0 Å². The van der Waals surface area contributed by atoms with Gasteiger partial charge >= 0.3 is 11.9 Å². The van der Waals surface area contributed by atoms with Crippen LogP contribution in [0.15, 0.2) is 35.7 Å². The van der Waals surface area contributed by atoms with Crippen molar-refractivity contribution in [2.24, 2.45) is 0 Å². The fraction of sp³-hybridized carbons (Fsp3) is 0.294. The summed E-state index contributed by atoms with van der Waals surface area (Å²) in [5, 5.41) is 12.3. The highest BCUT2D eigenvalue weighted by Crippen LogP contribution is 2.39. The number of benzene rings is 1. The Hall–Kier alpha value is -1.89. The van der Waals surface area contributed by atoms with Crippen molar-refractivity contribution in [2.75, 3.05) is 13.7 Å². The molecule has 24 heavy (non-hydrogen) atoms. The lowest BCUT2D eigenvalue weighted by molar-refractivity contribution is -0.172. The number of carboxylic acid groups (broad SMARTS) is 1. The lowest BCUT2D eigenvalue weighted by Crippen LogP contribution is -2.59. The number of carboxylic acids is 1. The van der Waals surface area contributed by atoms with E-state index in [0.717, 1.165) is 5.56 Å². The van der Waals surface area contributed by atoms with Crippen LogP contribution in [0.4, 0.5) is 0 Å². The third-order valence-electron chi connectivity index (χ3n) is 4.34. The van der Waals surface area contributed by atoms with Crippen LogP contribution in [0.3, 0.4) is 0 Å². The minimum absolute atomic E-state index is 0.224. The number of carbonyl (C=O) groups excluding carboxylic acids is 1. The number of esters is 1. The quantitative estimate of drug-likeness (QED) is 0.666. The smallest absolute Gasteiger partial charge is 0.342 e. The second-order valence-electron chi connectivity index (χ2n) is 5.53. The highest BCUT2D eigenvalue weighted by molar-refractivity contribution is 7.10. The van der Waals surface area contributed by atoms with Gasteiger partial charge in [-0.1, -0.05) is 29.8 Å². The van der Waals surface area contributed by atoms with E-state index >= 15 is 0 Å². The molecular weight excluding hydrogens is 350 g/mol. The van der Waals surface area contributed by atoms with Crippen molar-refractivity contribution in [2.45, 2.75) is 18.5 Å². The van der Waals surface area contributed by atoms with Crippen LogP contribution in [-0.4, -0.2) is 35.6 Å². The monoisotopic (exact) mass is 365 g/mol. The number of carbonyl (C=O) groups is 2. The summed E-state index contributed by atoms with van der Waals surface area (Å²) >= 11 is 7.90. The van der Waals surface area contributed by atoms with Crippen molar-refractivity contribution < 1.29 is 19.4 Å². The van der Waals surface area contributed by atoms with Crippen LogP contribution in [0, 0.1) is 0 Å². The van der Waals surface area contributed by atoms with E-state index in [1.807, 2.05) is 11.4 Å². The summed E-state index contributed by atoms with van der Waals surface area (Å²) in [6.07, 6.45) is 0.684. The molecule has 0 bridgehead atoms. The van der Waals surface area contributed by atoms with Gasteiger partial charge in [-0.25, -0.2) is 9.59 Å². The van der Waals surface area contributed by atoms with Gasteiger partial charge in [0.2, 0.25) is 5.54 Å². The van der Waals surface area contributed by atoms with E-state index in [1.165, 1.54) is 12.0 Å². The van der Waals surface area contributed by atoms with Gasteiger partial charge < -0.3 is 9.84 Å². The first-order valence-corrected chi connectivity index (χ1v) is 8.64. The Bertz CT molecular complexity index is 790.